The fourth-order valence-corrected chi connectivity index (χ4v) is 5.03. The fourth-order valence-electron chi connectivity index (χ4n) is 3.49. The Morgan fingerprint density at radius 2 is 1.93 bits per heavy atom. The van der Waals surface area contributed by atoms with E-state index < -0.39 is 17.5 Å². The molecule has 28 heavy (non-hydrogen) atoms. The Kier molecular flexibility index (Phi) is 4.59. The van der Waals surface area contributed by atoms with Crippen molar-refractivity contribution in [2.75, 3.05) is 6.54 Å². The van der Waals surface area contributed by atoms with E-state index >= 15 is 0 Å². The summed E-state index contributed by atoms with van der Waals surface area (Å²) in [6.45, 7) is 3.27. The Morgan fingerprint density at radius 3 is 2.64 bits per heavy atom. The van der Waals surface area contributed by atoms with Gasteiger partial charge in [0.25, 0.3) is 5.91 Å². The van der Waals surface area contributed by atoms with Gasteiger partial charge in [-0.05, 0) is 48.6 Å². The summed E-state index contributed by atoms with van der Waals surface area (Å²) in [5, 5.41) is 3.76. The van der Waals surface area contributed by atoms with Crippen LogP contribution in [0, 0.1) is 6.92 Å². The van der Waals surface area contributed by atoms with Gasteiger partial charge in [0.05, 0.1) is 11.4 Å². The molecule has 0 saturated carbocycles. The van der Waals surface area contributed by atoms with Crippen molar-refractivity contribution in [2.45, 2.75) is 19.4 Å². The minimum atomic E-state index is -1.20. The SMILES string of the molecule is Cc1c(C(=O)CN2C(=O)NC(C)(c3cccc(Br)c3)C2=O)sc2ccccc12. The van der Waals surface area contributed by atoms with Gasteiger partial charge < -0.3 is 5.32 Å². The smallest absolute Gasteiger partial charge is 0.319 e. The van der Waals surface area contributed by atoms with Gasteiger partial charge >= 0.3 is 6.03 Å². The molecule has 142 valence electrons. The number of hydrogen-bond acceptors (Lipinski definition) is 4. The highest BCUT2D eigenvalue weighted by atomic mass is 79.9. The first-order valence-corrected chi connectivity index (χ1v) is 10.3. The number of hydrogen-bond donors (Lipinski definition) is 1. The number of amides is 3. The van der Waals surface area contributed by atoms with Crippen LogP contribution in [0.15, 0.2) is 53.0 Å². The van der Waals surface area contributed by atoms with Crippen molar-refractivity contribution in [3.05, 3.63) is 69.0 Å². The van der Waals surface area contributed by atoms with Crippen LogP contribution in [0.3, 0.4) is 0 Å². The molecule has 1 N–H and O–H groups in total. The number of rotatable bonds is 4. The number of carbonyl (C=O) groups is 3. The van der Waals surface area contributed by atoms with Crippen LogP contribution in [-0.2, 0) is 10.3 Å². The molecule has 0 aliphatic carbocycles. The number of Topliss-reactive ketones (excluding diaryl/α,β-unsaturated/α-hetero) is 1. The molecule has 0 spiro atoms. The van der Waals surface area contributed by atoms with Gasteiger partial charge in [-0.2, -0.15) is 0 Å². The fraction of sp³-hybridized carbons (Fsp3) is 0.190. The van der Waals surface area contributed by atoms with E-state index in [1.807, 2.05) is 37.3 Å². The molecular formula is C21H17BrN2O3S. The molecule has 1 unspecified atom stereocenters. The van der Waals surface area contributed by atoms with Crippen molar-refractivity contribution in [2.24, 2.45) is 0 Å². The predicted octanol–water partition coefficient (Wildman–Crippen LogP) is 4.62. The Balaban J connectivity index is 1.63. The molecule has 2 aromatic carbocycles. The number of halogens is 1. The number of imide groups is 1. The predicted molar refractivity (Wildman–Crippen MR) is 113 cm³/mol. The number of aryl methyl sites for hydroxylation is 1. The molecule has 1 aliphatic heterocycles. The maximum Gasteiger partial charge on any atom is 0.325 e. The zero-order valence-electron chi connectivity index (χ0n) is 15.3. The first-order chi connectivity index (χ1) is 13.3. The lowest BCUT2D eigenvalue weighted by atomic mass is 9.92. The van der Waals surface area contributed by atoms with Crippen LogP contribution >= 0.6 is 27.3 Å². The van der Waals surface area contributed by atoms with Crippen LogP contribution in [0.5, 0.6) is 0 Å². The van der Waals surface area contributed by atoms with Gasteiger partial charge in [0, 0.05) is 9.17 Å². The monoisotopic (exact) mass is 456 g/mol. The van der Waals surface area contributed by atoms with E-state index in [0.29, 0.717) is 10.4 Å². The molecule has 7 heteroatoms. The van der Waals surface area contributed by atoms with E-state index in [9.17, 15) is 14.4 Å². The lowest BCUT2D eigenvalue weighted by molar-refractivity contribution is -0.130. The molecule has 2 heterocycles. The first kappa shape index (κ1) is 18.8. The third kappa shape index (κ3) is 2.95. The Hall–Kier alpha value is -2.51. The summed E-state index contributed by atoms with van der Waals surface area (Å²) in [4.78, 5) is 40.1. The standard InChI is InChI=1S/C21H17BrN2O3S/c1-12-15-8-3-4-9-17(15)28-18(12)16(25)11-24-19(26)21(2,23-20(24)27)13-6-5-7-14(22)10-13/h3-10H,11H2,1-2H3,(H,23,27). The van der Waals surface area contributed by atoms with Crippen LogP contribution in [0.4, 0.5) is 4.79 Å². The molecule has 1 atom stereocenters. The van der Waals surface area contributed by atoms with E-state index in [-0.39, 0.29) is 12.3 Å². The molecule has 1 aromatic heterocycles. The van der Waals surface area contributed by atoms with Crippen LogP contribution in [-0.4, -0.2) is 29.2 Å². The van der Waals surface area contributed by atoms with Crippen LogP contribution in [0.1, 0.15) is 27.7 Å². The lowest BCUT2D eigenvalue weighted by Gasteiger charge is -2.22. The summed E-state index contributed by atoms with van der Waals surface area (Å²) in [6.07, 6.45) is 0. The Bertz CT molecular complexity index is 1140. The number of thiophene rings is 1. The van der Waals surface area contributed by atoms with Crippen LogP contribution < -0.4 is 5.32 Å². The number of ketones is 1. The van der Waals surface area contributed by atoms with E-state index in [0.717, 1.165) is 25.0 Å². The van der Waals surface area contributed by atoms with Gasteiger partial charge in [0.15, 0.2) is 5.78 Å². The molecule has 4 rings (SSSR count). The van der Waals surface area contributed by atoms with Crippen molar-refractivity contribution in [3.8, 4) is 0 Å². The molecule has 0 radical (unpaired) electrons. The number of nitrogens with zero attached hydrogens (tertiary/aromatic N) is 1. The molecule has 1 aliphatic rings. The average Bonchev–Trinajstić information content (AvgIpc) is 3.12. The zero-order chi connectivity index (χ0) is 20.1. The summed E-state index contributed by atoms with van der Waals surface area (Å²) < 4.78 is 1.82. The van der Waals surface area contributed by atoms with E-state index in [2.05, 4.69) is 21.2 Å². The maximum atomic E-state index is 13.1. The number of fused-ring (bicyclic) bond motifs is 1. The van der Waals surface area contributed by atoms with Gasteiger partial charge in [0.1, 0.15) is 5.54 Å². The number of nitrogens with one attached hydrogen (secondary N) is 1. The highest BCUT2D eigenvalue weighted by Crippen LogP contribution is 2.33. The summed E-state index contributed by atoms with van der Waals surface area (Å²) >= 11 is 4.78. The summed E-state index contributed by atoms with van der Waals surface area (Å²) in [5.74, 6) is -0.664. The second-order valence-electron chi connectivity index (χ2n) is 6.93. The third-order valence-corrected chi connectivity index (χ3v) is 6.88. The maximum absolute atomic E-state index is 13.1. The minimum Gasteiger partial charge on any atom is -0.319 e. The van der Waals surface area contributed by atoms with Crippen molar-refractivity contribution in [1.29, 1.82) is 0 Å². The largest absolute Gasteiger partial charge is 0.325 e. The van der Waals surface area contributed by atoms with Gasteiger partial charge in [-0.3, -0.25) is 14.5 Å². The second kappa shape index (κ2) is 6.83. The molecule has 0 bridgehead atoms. The summed E-state index contributed by atoms with van der Waals surface area (Å²) in [5.41, 5.74) is 0.344. The normalized spacial score (nSPS) is 19.3. The molecule has 3 aromatic rings. The molecule has 5 nitrogen and oxygen atoms in total. The van der Waals surface area contributed by atoms with Crippen LogP contribution in [0.2, 0.25) is 0 Å². The Morgan fingerprint density at radius 1 is 1.18 bits per heavy atom. The molecule has 3 amide bonds. The van der Waals surface area contributed by atoms with Gasteiger partial charge in [-0.1, -0.05) is 46.3 Å². The highest BCUT2D eigenvalue weighted by molar-refractivity contribution is 9.10. The topological polar surface area (TPSA) is 66.5 Å². The zero-order valence-corrected chi connectivity index (χ0v) is 17.7. The van der Waals surface area contributed by atoms with Crippen molar-refractivity contribution in [1.82, 2.24) is 10.2 Å². The molecular weight excluding hydrogens is 440 g/mol. The minimum absolute atomic E-state index is 0.235. The van der Waals surface area contributed by atoms with E-state index in [1.54, 1.807) is 25.1 Å². The number of benzene rings is 2. The van der Waals surface area contributed by atoms with Crippen molar-refractivity contribution in [3.63, 3.8) is 0 Å². The van der Waals surface area contributed by atoms with E-state index in [4.69, 9.17) is 0 Å². The second-order valence-corrected chi connectivity index (χ2v) is 8.90. The van der Waals surface area contributed by atoms with Gasteiger partial charge in [-0.25, -0.2) is 4.79 Å². The third-order valence-electron chi connectivity index (χ3n) is 5.08. The first-order valence-electron chi connectivity index (χ1n) is 8.73. The molecule has 1 saturated heterocycles. The Labute approximate surface area is 174 Å². The average molecular weight is 457 g/mol. The van der Waals surface area contributed by atoms with Crippen molar-refractivity contribution >= 4 is 55.1 Å². The summed E-state index contributed by atoms with van der Waals surface area (Å²) in [6, 6.07) is 14.4. The highest BCUT2D eigenvalue weighted by Gasteiger charge is 2.49. The molecule has 1 fully saturated rings. The van der Waals surface area contributed by atoms with Crippen molar-refractivity contribution < 1.29 is 14.4 Å². The van der Waals surface area contributed by atoms with Gasteiger partial charge in [0.2, 0.25) is 0 Å². The van der Waals surface area contributed by atoms with Crippen LogP contribution in [0.25, 0.3) is 10.1 Å². The number of carbonyl (C=O) groups excluding carboxylic acids is 3. The van der Waals surface area contributed by atoms with Gasteiger partial charge in [-0.15, -0.1) is 11.3 Å². The van der Waals surface area contributed by atoms with E-state index in [1.165, 1.54) is 11.3 Å². The quantitative estimate of drug-likeness (QED) is 0.459. The lowest BCUT2D eigenvalue weighted by Crippen LogP contribution is -2.41. The summed E-state index contributed by atoms with van der Waals surface area (Å²) in [7, 11) is 0. The number of urea groups is 1.